The molecule has 2 aromatic rings. The van der Waals surface area contributed by atoms with Crippen LogP contribution in [-0.2, 0) is 11.2 Å². The van der Waals surface area contributed by atoms with E-state index in [1.165, 1.54) is 17.3 Å². The Hall–Kier alpha value is -2.34. The average Bonchev–Trinajstić information content (AvgIpc) is 3.37. The number of aromatic nitrogens is 1. The number of nitrogens with one attached hydrogen (secondary N) is 1. The standard InChI is InChI=1S/C21H23N3O2S/c1-27-20-17(7-4-11-22-20)19(25)23-16-9-8-14-10-12-24(18(14)13-16)21(26)15-5-2-3-6-15/h4,7-9,11,13,15H,2-3,5-6,10,12H2,1H3,(H,23,25). The number of anilines is 2. The summed E-state index contributed by atoms with van der Waals surface area (Å²) in [7, 11) is 0. The molecule has 2 amide bonds. The summed E-state index contributed by atoms with van der Waals surface area (Å²) in [5.74, 6) is 0.222. The van der Waals surface area contributed by atoms with E-state index in [0.717, 1.165) is 44.3 Å². The third kappa shape index (κ3) is 3.58. The minimum Gasteiger partial charge on any atom is -0.322 e. The maximum Gasteiger partial charge on any atom is 0.258 e. The van der Waals surface area contributed by atoms with E-state index in [2.05, 4.69) is 10.3 Å². The van der Waals surface area contributed by atoms with E-state index in [1.54, 1.807) is 18.3 Å². The predicted molar refractivity (Wildman–Crippen MR) is 108 cm³/mol. The van der Waals surface area contributed by atoms with Crippen molar-refractivity contribution in [3.63, 3.8) is 0 Å². The molecule has 140 valence electrons. The molecule has 27 heavy (non-hydrogen) atoms. The zero-order chi connectivity index (χ0) is 18.8. The second kappa shape index (κ2) is 7.72. The number of amides is 2. The van der Waals surface area contributed by atoms with E-state index in [-0.39, 0.29) is 17.7 Å². The molecule has 2 aliphatic rings. The second-order valence-corrected chi connectivity index (χ2v) is 7.87. The van der Waals surface area contributed by atoms with Crippen LogP contribution >= 0.6 is 11.8 Å². The van der Waals surface area contributed by atoms with E-state index in [9.17, 15) is 9.59 Å². The number of hydrogen-bond donors (Lipinski definition) is 1. The highest BCUT2D eigenvalue weighted by molar-refractivity contribution is 7.98. The summed E-state index contributed by atoms with van der Waals surface area (Å²) < 4.78 is 0. The van der Waals surface area contributed by atoms with Gasteiger partial charge in [-0.1, -0.05) is 18.9 Å². The predicted octanol–water partition coefficient (Wildman–Crippen LogP) is 4.14. The van der Waals surface area contributed by atoms with Gasteiger partial charge >= 0.3 is 0 Å². The van der Waals surface area contributed by atoms with Gasteiger partial charge in [-0.15, -0.1) is 11.8 Å². The van der Waals surface area contributed by atoms with Gasteiger partial charge in [0.05, 0.1) is 5.56 Å². The summed E-state index contributed by atoms with van der Waals surface area (Å²) in [6.07, 6.45) is 8.76. The lowest BCUT2D eigenvalue weighted by molar-refractivity contribution is -0.122. The number of pyridine rings is 1. The van der Waals surface area contributed by atoms with Crippen LogP contribution in [0.4, 0.5) is 11.4 Å². The Morgan fingerprint density at radius 2 is 2.04 bits per heavy atom. The highest BCUT2D eigenvalue weighted by Gasteiger charge is 2.32. The van der Waals surface area contributed by atoms with Gasteiger partial charge in [-0.2, -0.15) is 0 Å². The first-order chi connectivity index (χ1) is 13.2. The van der Waals surface area contributed by atoms with Crippen molar-refractivity contribution in [1.82, 2.24) is 4.98 Å². The quantitative estimate of drug-likeness (QED) is 0.809. The third-order valence-corrected chi connectivity index (χ3v) is 6.13. The number of nitrogens with zero attached hydrogens (tertiary/aromatic N) is 2. The molecule has 0 bridgehead atoms. The lowest BCUT2D eigenvalue weighted by Gasteiger charge is -2.21. The zero-order valence-electron chi connectivity index (χ0n) is 15.4. The molecule has 2 heterocycles. The fourth-order valence-corrected chi connectivity index (χ4v) is 4.55. The number of fused-ring (bicyclic) bond motifs is 1. The summed E-state index contributed by atoms with van der Waals surface area (Å²) >= 11 is 1.45. The van der Waals surface area contributed by atoms with Gasteiger partial charge in [0.2, 0.25) is 5.91 Å². The van der Waals surface area contributed by atoms with Gasteiger partial charge in [-0.05, 0) is 55.3 Å². The molecule has 6 heteroatoms. The van der Waals surface area contributed by atoms with Gasteiger partial charge in [0.25, 0.3) is 5.91 Å². The first-order valence-corrected chi connectivity index (χ1v) is 10.6. The molecular weight excluding hydrogens is 358 g/mol. The van der Waals surface area contributed by atoms with Gasteiger partial charge in [-0.25, -0.2) is 4.98 Å². The van der Waals surface area contributed by atoms with E-state index >= 15 is 0 Å². The molecule has 1 aromatic heterocycles. The van der Waals surface area contributed by atoms with Crippen molar-refractivity contribution in [3.05, 3.63) is 47.7 Å². The lowest BCUT2D eigenvalue weighted by Crippen LogP contribution is -2.33. The molecule has 0 saturated heterocycles. The van der Waals surface area contributed by atoms with Crippen LogP contribution in [0.15, 0.2) is 41.6 Å². The Morgan fingerprint density at radius 3 is 2.81 bits per heavy atom. The first-order valence-electron chi connectivity index (χ1n) is 9.42. The van der Waals surface area contributed by atoms with Gasteiger partial charge in [0.15, 0.2) is 0 Å². The molecule has 4 rings (SSSR count). The van der Waals surface area contributed by atoms with Crippen LogP contribution in [0.2, 0.25) is 0 Å². The third-order valence-electron chi connectivity index (χ3n) is 5.42. The van der Waals surface area contributed by atoms with Gasteiger partial charge < -0.3 is 10.2 Å². The normalized spacial score (nSPS) is 16.4. The molecule has 0 spiro atoms. The molecular formula is C21H23N3O2S. The van der Waals surface area contributed by atoms with Gasteiger partial charge in [-0.3, -0.25) is 9.59 Å². The van der Waals surface area contributed by atoms with Crippen LogP contribution in [0.5, 0.6) is 0 Å². The number of thioether (sulfide) groups is 1. The molecule has 1 fully saturated rings. The molecule has 1 N–H and O–H groups in total. The minimum atomic E-state index is -0.181. The smallest absolute Gasteiger partial charge is 0.258 e. The van der Waals surface area contributed by atoms with Crippen molar-refractivity contribution >= 4 is 35.0 Å². The minimum absolute atomic E-state index is 0.161. The number of carbonyl (C=O) groups is 2. The van der Waals surface area contributed by atoms with Crippen molar-refractivity contribution in [1.29, 1.82) is 0 Å². The van der Waals surface area contributed by atoms with Crippen molar-refractivity contribution in [2.24, 2.45) is 5.92 Å². The summed E-state index contributed by atoms with van der Waals surface area (Å²) in [5.41, 5.74) is 3.39. The summed E-state index contributed by atoms with van der Waals surface area (Å²) in [4.78, 5) is 31.7. The fourth-order valence-electron chi connectivity index (χ4n) is 4.00. The van der Waals surface area contributed by atoms with Crippen LogP contribution < -0.4 is 10.2 Å². The van der Waals surface area contributed by atoms with Crippen LogP contribution in [0.1, 0.15) is 41.6 Å². The van der Waals surface area contributed by atoms with Crippen molar-refractivity contribution in [2.45, 2.75) is 37.1 Å². The van der Waals surface area contributed by atoms with E-state index in [4.69, 9.17) is 0 Å². The van der Waals surface area contributed by atoms with Crippen molar-refractivity contribution in [3.8, 4) is 0 Å². The summed E-state index contributed by atoms with van der Waals surface area (Å²) in [6, 6.07) is 9.40. The largest absolute Gasteiger partial charge is 0.322 e. The number of carbonyl (C=O) groups excluding carboxylic acids is 2. The van der Waals surface area contributed by atoms with Crippen LogP contribution in [0, 0.1) is 5.92 Å². The van der Waals surface area contributed by atoms with Crippen molar-refractivity contribution in [2.75, 3.05) is 23.0 Å². The number of hydrogen-bond acceptors (Lipinski definition) is 4. The SMILES string of the molecule is CSc1ncccc1C(=O)Nc1ccc2c(c1)N(C(=O)C1CCCC1)CC2. The maximum absolute atomic E-state index is 12.9. The number of benzene rings is 1. The topological polar surface area (TPSA) is 62.3 Å². The lowest BCUT2D eigenvalue weighted by atomic mass is 10.1. The van der Waals surface area contributed by atoms with E-state index in [0.29, 0.717) is 16.3 Å². The Labute approximate surface area is 163 Å². The molecule has 1 aliphatic carbocycles. The highest BCUT2D eigenvalue weighted by Crippen LogP contribution is 2.35. The monoisotopic (exact) mass is 381 g/mol. The molecule has 0 unspecified atom stereocenters. The molecule has 1 aliphatic heterocycles. The molecule has 0 radical (unpaired) electrons. The second-order valence-electron chi connectivity index (χ2n) is 7.08. The summed E-state index contributed by atoms with van der Waals surface area (Å²) in [6.45, 7) is 0.737. The molecule has 5 nitrogen and oxygen atoms in total. The average molecular weight is 382 g/mol. The Kier molecular flexibility index (Phi) is 5.16. The Bertz CT molecular complexity index is 877. The summed E-state index contributed by atoms with van der Waals surface area (Å²) in [5, 5.41) is 3.66. The van der Waals surface area contributed by atoms with Gasteiger partial charge in [0.1, 0.15) is 5.03 Å². The first kappa shape index (κ1) is 18.0. The fraction of sp³-hybridized carbons (Fsp3) is 0.381. The Balaban J connectivity index is 1.55. The highest BCUT2D eigenvalue weighted by atomic mass is 32.2. The zero-order valence-corrected chi connectivity index (χ0v) is 16.2. The molecule has 0 atom stereocenters. The molecule has 1 aromatic carbocycles. The van der Waals surface area contributed by atoms with E-state index in [1.807, 2.05) is 29.4 Å². The van der Waals surface area contributed by atoms with Crippen molar-refractivity contribution < 1.29 is 9.59 Å². The maximum atomic E-state index is 12.9. The molecule has 1 saturated carbocycles. The van der Waals surface area contributed by atoms with Crippen LogP contribution in [0.25, 0.3) is 0 Å². The van der Waals surface area contributed by atoms with Gasteiger partial charge in [0, 0.05) is 30.0 Å². The Morgan fingerprint density at radius 1 is 1.22 bits per heavy atom. The van der Waals surface area contributed by atoms with E-state index < -0.39 is 0 Å². The number of rotatable bonds is 4. The van der Waals surface area contributed by atoms with Crippen LogP contribution in [-0.4, -0.2) is 29.6 Å². The van der Waals surface area contributed by atoms with Crippen LogP contribution in [0.3, 0.4) is 0 Å².